The zero-order valence-corrected chi connectivity index (χ0v) is 19.0. The van der Waals surface area contributed by atoms with E-state index in [0.29, 0.717) is 11.1 Å². The van der Waals surface area contributed by atoms with Gasteiger partial charge in [-0.2, -0.15) is 0 Å². The van der Waals surface area contributed by atoms with Crippen LogP contribution in [0.25, 0.3) is 27.5 Å². The fourth-order valence-corrected chi connectivity index (χ4v) is 5.19. The molecule has 1 aliphatic rings. The predicted octanol–water partition coefficient (Wildman–Crippen LogP) is 5.16. The topological polar surface area (TPSA) is 40.8 Å². The number of fused-ring (bicyclic) bond motifs is 1. The maximum Gasteiger partial charge on any atom is 0.256 e. The molecule has 0 radical (unpaired) electrons. The lowest BCUT2D eigenvalue weighted by Crippen LogP contribution is -2.34. The summed E-state index contributed by atoms with van der Waals surface area (Å²) in [5.41, 5.74) is 4.41. The Morgan fingerprint density at radius 3 is 2.84 bits per heavy atom. The standard InChI is InChI=1S/C24H23ClN4OS/c1-27(2)18-9-11-28(14-18)24(30)19-13-22(29-10-4-3-8-21(19)29)20-15-31-23(26-20)16-6-5-7-17(25)12-16/h3-8,10,12-13,15,18H,9,11,14H2,1-2H3/t18-/m0/s1. The maximum absolute atomic E-state index is 13.4. The summed E-state index contributed by atoms with van der Waals surface area (Å²) in [4.78, 5) is 22.4. The number of carbonyl (C=O) groups is 1. The number of nitrogens with zero attached hydrogens (tertiary/aromatic N) is 4. The minimum absolute atomic E-state index is 0.0876. The third-order valence-corrected chi connectivity index (χ3v) is 7.05. The molecule has 4 heterocycles. The van der Waals surface area contributed by atoms with Gasteiger partial charge in [0, 0.05) is 41.3 Å². The number of likely N-dealkylation sites (N-methyl/N-ethyl adjacent to an activating group) is 1. The molecule has 0 bridgehead atoms. The Balaban J connectivity index is 1.52. The highest BCUT2D eigenvalue weighted by Crippen LogP contribution is 2.33. The van der Waals surface area contributed by atoms with Crippen molar-refractivity contribution in [3.8, 4) is 22.0 Å². The summed E-state index contributed by atoms with van der Waals surface area (Å²) < 4.78 is 2.06. The van der Waals surface area contributed by atoms with Gasteiger partial charge in [0.2, 0.25) is 0 Å². The molecular formula is C24H23ClN4OS. The number of likely N-dealkylation sites (tertiary alicyclic amines) is 1. The minimum atomic E-state index is 0.0876. The third kappa shape index (κ3) is 3.76. The molecule has 1 fully saturated rings. The number of amides is 1. The van der Waals surface area contributed by atoms with Crippen LogP contribution in [0.3, 0.4) is 0 Å². The van der Waals surface area contributed by atoms with Crippen LogP contribution in [-0.4, -0.2) is 58.3 Å². The van der Waals surface area contributed by atoms with Crippen molar-refractivity contribution in [1.82, 2.24) is 19.2 Å². The highest BCUT2D eigenvalue weighted by atomic mass is 35.5. The van der Waals surface area contributed by atoms with Crippen molar-refractivity contribution in [2.24, 2.45) is 0 Å². The summed E-state index contributed by atoms with van der Waals surface area (Å²) in [6.45, 7) is 1.55. The number of halogens is 1. The molecule has 0 aliphatic carbocycles. The molecule has 0 saturated carbocycles. The van der Waals surface area contributed by atoms with Crippen molar-refractivity contribution in [3.05, 3.63) is 70.7 Å². The predicted molar refractivity (Wildman–Crippen MR) is 127 cm³/mol. The van der Waals surface area contributed by atoms with Gasteiger partial charge in [0.05, 0.1) is 22.5 Å². The summed E-state index contributed by atoms with van der Waals surface area (Å²) in [5, 5.41) is 3.64. The number of thiazole rings is 1. The first-order chi connectivity index (χ1) is 15.0. The maximum atomic E-state index is 13.4. The number of carbonyl (C=O) groups excluding carboxylic acids is 1. The Kier molecular flexibility index (Phi) is 5.30. The zero-order valence-electron chi connectivity index (χ0n) is 17.5. The van der Waals surface area contributed by atoms with Gasteiger partial charge in [-0.3, -0.25) is 4.79 Å². The van der Waals surface area contributed by atoms with Crippen LogP contribution in [0.2, 0.25) is 5.02 Å². The average Bonchev–Trinajstić information content (AvgIpc) is 3.51. The Labute approximate surface area is 190 Å². The number of benzene rings is 1. The number of hydrogen-bond donors (Lipinski definition) is 0. The van der Waals surface area contributed by atoms with Crippen LogP contribution in [0.15, 0.2) is 60.1 Å². The van der Waals surface area contributed by atoms with Gasteiger partial charge in [0.15, 0.2) is 0 Å². The highest BCUT2D eigenvalue weighted by molar-refractivity contribution is 7.13. The first-order valence-electron chi connectivity index (χ1n) is 10.3. The second kappa shape index (κ2) is 8.11. The smallest absolute Gasteiger partial charge is 0.256 e. The minimum Gasteiger partial charge on any atom is -0.337 e. The largest absolute Gasteiger partial charge is 0.337 e. The van der Waals surface area contributed by atoms with Gasteiger partial charge in [0.1, 0.15) is 5.01 Å². The van der Waals surface area contributed by atoms with E-state index in [9.17, 15) is 4.79 Å². The average molecular weight is 451 g/mol. The lowest BCUT2D eigenvalue weighted by Gasteiger charge is -2.20. The number of aromatic nitrogens is 2. The van der Waals surface area contributed by atoms with Crippen molar-refractivity contribution in [2.45, 2.75) is 12.5 Å². The summed E-state index contributed by atoms with van der Waals surface area (Å²) in [5.74, 6) is 0.0876. The van der Waals surface area contributed by atoms with Gasteiger partial charge in [-0.05, 0) is 50.8 Å². The summed E-state index contributed by atoms with van der Waals surface area (Å²) in [7, 11) is 4.15. The number of pyridine rings is 1. The molecule has 0 N–H and O–H groups in total. The van der Waals surface area contributed by atoms with Crippen molar-refractivity contribution in [1.29, 1.82) is 0 Å². The van der Waals surface area contributed by atoms with E-state index < -0.39 is 0 Å². The van der Waals surface area contributed by atoms with Crippen LogP contribution in [0.1, 0.15) is 16.8 Å². The van der Waals surface area contributed by atoms with Gasteiger partial charge < -0.3 is 14.2 Å². The van der Waals surface area contributed by atoms with Gasteiger partial charge >= 0.3 is 0 Å². The SMILES string of the molecule is CN(C)[C@H]1CCN(C(=O)c2cc(-c3csc(-c4cccc(Cl)c4)n3)n3ccccc23)C1. The zero-order chi connectivity index (χ0) is 21.5. The van der Waals surface area contributed by atoms with Crippen LogP contribution in [0, 0.1) is 0 Å². The Morgan fingerprint density at radius 2 is 2.06 bits per heavy atom. The molecule has 4 aromatic rings. The van der Waals surface area contributed by atoms with E-state index >= 15 is 0 Å². The van der Waals surface area contributed by atoms with Gasteiger partial charge in [-0.25, -0.2) is 4.98 Å². The van der Waals surface area contributed by atoms with E-state index in [1.807, 2.05) is 65.0 Å². The lowest BCUT2D eigenvalue weighted by atomic mass is 10.2. The molecule has 5 nitrogen and oxygen atoms in total. The van der Waals surface area contributed by atoms with Gasteiger partial charge in [-0.1, -0.05) is 29.8 Å². The highest BCUT2D eigenvalue weighted by Gasteiger charge is 2.30. The normalized spacial score (nSPS) is 16.5. The third-order valence-electron chi connectivity index (χ3n) is 5.93. The fourth-order valence-electron chi connectivity index (χ4n) is 4.19. The van der Waals surface area contributed by atoms with E-state index in [1.54, 1.807) is 11.3 Å². The molecule has 1 aromatic carbocycles. The first kappa shape index (κ1) is 20.2. The molecule has 1 aliphatic heterocycles. The van der Waals surface area contributed by atoms with Crippen LogP contribution in [-0.2, 0) is 0 Å². The van der Waals surface area contributed by atoms with Crippen molar-refractivity contribution >= 4 is 34.4 Å². The van der Waals surface area contributed by atoms with Gasteiger partial charge in [-0.15, -0.1) is 11.3 Å². The molecule has 1 saturated heterocycles. The molecule has 0 spiro atoms. The Hall–Kier alpha value is -2.67. The van der Waals surface area contributed by atoms with Crippen LogP contribution in [0.5, 0.6) is 0 Å². The van der Waals surface area contributed by atoms with Crippen molar-refractivity contribution < 1.29 is 4.79 Å². The Bertz CT molecular complexity index is 1260. The lowest BCUT2D eigenvalue weighted by molar-refractivity contribution is 0.0785. The summed E-state index contributed by atoms with van der Waals surface area (Å²) in [6.07, 6.45) is 3.00. The Morgan fingerprint density at radius 1 is 1.19 bits per heavy atom. The van der Waals surface area contributed by atoms with Crippen LogP contribution in [0.4, 0.5) is 0 Å². The number of hydrogen-bond acceptors (Lipinski definition) is 4. The fraction of sp³-hybridized carbons (Fsp3) is 0.250. The van der Waals surface area contributed by atoms with E-state index in [-0.39, 0.29) is 5.91 Å². The summed E-state index contributed by atoms with van der Waals surface area (Å²) in [6, 6.07) is 16.1. The van der Waals surface area contributed by atoms with E-state index in [4.69, 9.17) is 16.6 Å². The van der Waals surface area contributed by atoms with Crippen molar-refractivity contribution in [2.75, 3.05) is 27.2 Å². The quantitative estimate of drug-likeness (QED) is 0.431. The first-order valence-corrected chi connectivity index (χ1v) is 11.5. The summed E-state index contributed by atoms with van der Waals surface area (Å²) >= 11 is 7.73. The molecule has 7 heteroatoms. The molecule has 1 amide bonds. The molecule has 1 atom stereocenters. The van der Waals surface area contributed by atoms with Crippen LogP contribution < -0.4 is 0 Å². The molecule has 158 valence electrons. The molecule has 0 unspecified atom stereocenters. The molecule has 5 rings (SSSR count). The van der Waals surface area contributed by atoms with Crippen LogP contribution >= 0.6 is 22.9 Å². The monoisotopic (exact) mass is 450 g/mol. The van der Waals surface area contributed by atoms with E-state index in [1.165, 1.54) is 0 Å². The van der Waals surface area contributed by atoms with E-state index in [2.05, 4.69) is 23.4 Å². The molecule has 3 aromatic heterocycles. The van der Waals surface area contributed by atoms with Crippen molar-refractivity contribution in [3.63, 3.8) is 0 Å². The number of rotatable bonds is 4. The molecule has 31 heavy (non-hydrogen) atoms. The second-order valence-corrected chi connectivity index (χ2v) is 9.40. The molecular weight excluding hydrogens is 428 g/mol. The van der Waals surface area contributed by atoms with Gasteiger partial charge in [0.25, 0.3) is 5.91 Å². The second-order valence-electron chi connectivity index (χ2n) is 8.10. The van der Waals surface area contributed by atoms with E-state index in [0.717, 1.165) is 52.5 Å².